The lowest BCUT2D eigenvalue weighted by Gasteiger charge is -2.33. The Morgan fingerprint density at radius 2 is 2.00 bits per heavy atom. The van der Waals surface area contributed by atoms with Crippen molar-refractivity contribution in [3.8, 4) is 0 Å². The maximum absolute atomic E-state index is 10.3. The summed E-state index contributed by atoms with van der Waals surface area (Å²) in [5.74, 6) is 0. The van der Waals surface area contributed by atoms with Crippen LogP contribution in [0.1, 0.15) is 37.0 Å². The van der Waals surface area contributed by atoms with Crippen LogP contribution in [0, 0.1) is 0 Å². The Kier molecular flexibility index (Phi) is 6.11. The third kappa shape index (κ3) is 4.74. The number of ether oxygens (including phenoxy) is 1. The van der Waals surface area contributed by atoms with Crippen LogP contribution in [0.2, 0.25) is 0 Å². The maximum Gasteiger partial charge on any atom is 0.103 e. The second-order valence-corrected chi connectivity index (χ2v) is 5.90. The van der Waals surface area contributed by atoms with Crippen molar-refractivity contribution in [2.24, 2.45) is 5.73 Å². The quantitative estimate of drug-likeness (QED) is 0.786. The zero-order valence-electron chi connectivity index (χ0n) is 12.5. The Hall–Kier alpha value is -1.01. The van der Waals surface area contributed by atoms with Crippen molar-refractivity contribution in [1.82, 2.24) is 4.90 Å². The molecule has 1 saturated heterocycles. The van der Waals surface area contributed by atoms with E-state index in [4.69, 9.17) is 22.7 Å². The molecule has 0 aliphatic carbocycles. The standard InChI is InChI=1S/C16H24N2O2S/c1-2-20-14-7-9-18(10-8-14)11-15(19)12-3-5-13(6-4-12)16(17)21/h3-6,14-15,19H,2,7-11H2,1H3,(H2,17,21). The van der Waals surface area contributed by atoms with Gasteiger partial charge in [-0.2, -0.15) is 0 Å². The SMILES string of the molecule is CCOC1CCN(CC(O)c2ccc(C(N)=S)cc2)CC1. The number of hydrogen-bond acceptors (Lipinski definition) is 4. The zero-order valence-corrected chi connectivity index (χ0v) is 13.3. The van der Waals surface area contributed by atoms with Crippen LogP contribution in [0.15, 0.2) is 24.3 Å². The van der Waals surface area contributed by atoms with Gasteiger partial charge in [-0.1, -0.05) is 36.5 Å². The van der Waals surface area contributed by atoms with Crippen molar-refractivity contribution in [3.05, 3.63) is 35.4 Å². The van der Waals surface area contributed by atoms with Gasteiger partial charge in [0.2, 0.25) is 0 Å². The molecule has 0 spiro atoms. The molecule has 0 bridgehead atoms. The van der Waals surface area contributed by atoms with Crippen molar-refractivity contribution < 1.29 is 9.84 Å². The highest BCUT2D eigenvalue weighted by Crippen LogP contribution is 2.19. The first kappa shape index (κ1) is 16.4. The predicted molar refractivity (Wildman–Crippen MR) is 88.4 cm³/mol. The Labute approximate surface area is 131 Å². The van der Waals surface area contributed by atoms with Crippen LogP contribution in [0.5, 0.6) is 0 Å². The van der Waals surface area contributed by atoms with Crippen molar-refractivity contribution in [2.75, 3.05) is 26.2 Å². The Balaban J connectivity index is 1.84. The van der Waals surface area contributed by atoms with Gasteiger partial charge in [0.05, 0.1) is 12.2 Å². The van der Waals surface area contributed by atoms with Crippen molar-refractivity contribution in [3.63, 3.8) is 0 Å². The number of β-amino-alcohol motifs (C(OH)–C–C–N with tert-alkyl or cyclic N) is 1. The van der Waals surface area contributed by atoms with Gasteiger partial charge in [-0.15, -0.1) is 0 Å². The lowest BCUT2D eigenvalue weighted by molar-refractivity contribution is 0.00328. The van der Waals surface area contributed by atoms with Crippen molar-refractivity contribution in [1.29, 1.82) is 0 Å². The summed E-state index contributed by atoms with van der Waals surface area (Å²) in [6, 6.07) is 7.52. The second kappa shape index (κ2) is 7.84. The molecule has 0 amide bonds. The number of benzene rings is 1. The molecule has 1 aliphatic rings. The molecule has 0 radical (unpaired) electrons. The van der Waals surface area contributed by atoms with E-state index in [2.05, 4.69) is 4.90 Å². The van der Waals surface area contributed by atoms with Crippen LogP contribution in [-0.2, 0) is 4.74 Å². The van der Waals surface area contributed by atoms with Gasteiger partial charge in [-0.3, -0.25) is 0 Å². The highest BCUT2D eigenvalue weighted by atomic mass is 32.1. The Morgan fingerprint density at radius 1 is 1.38 bits per heavy atom. The molecule has 0 aromatic heterocycles. The highest BCUT2D eigenvalue weighted by molar-refractivity contribution is 7.80. The van der Waals surface area contributed by atoms with E-state index in [0.29, 0.717) is 17.6 Å². The summed E-state index contributed by atoms with van der Waals surface area (Å²) < 4.78 is 5.64. The van der Waals surface area contributed by atoms with Crippen LogP contribution in [0.3, 0.4) is 0 Å². The van der Waals surface area contributed by atoms with E-state index >= 15 is 0 Å². The lowest BCUT2D eigenvalue weighted by atomic mass is 10.0. The van der Waals surface area contributed by atoms with Gasteiger partial charge in [-0.05, 0) is 25.3 Å². The molecule has 1 heterocycles. The van der Waals surface area contributed by atoms with Crippen molar-refractivity contribution >= 4 is 17.2 Å². The molecule has 5 heteroatoms. The van der Waals surface area contributed by atoms with Crippen LogP contribution >= 0.6 is 12.2 Å². The first-order chi connectivity index (χ1) is 10.1. The van der Waals surface area contributed by atoms with Crippen LogP contribution < -0.4 is 5.73 Å². The molecule has 1 aromatic carbocycles. The fourth-order valence-electron chi connectivity index (χ4n) is 2.71. The molecule has 21 heavy (non-hydrogen) atoms. The molecule has 2 rings (SSSR count). The first-order valence-corrected chi connectivity index (χ1v) is 7.92. The number of aliphatic hydroxyl groups is 1. The molecule has 1 unspecified atom stereocenters. The van der Waals surface area contributed by atoms with Crippen molar-refractivity contribution in [2.45, 2.75) is 32.0 Å². The van der Waals surface area contributed by atoms with Gasteiger partial charge in [0, 0.05) is 31.8 Å². The Bertz CT molecular complexity index is 456. The number of nitrogens with two attached hydrogens (primary N) is 1. The molecule has 1 fully saturated rings. The van der Waals surface area contributed by atoms with E-state index in [1.807, 2.05) is 31.2 Å². The summed E-state index contributed by atoms with van der Waals surface area (Å²) in [5.41, 5.74) is 7.31. The number of rotatable bonds is 6. The molecule has 1 atom stereocenters. The first-order valence-electron chi connectivity index (χ1n) is 7.52. The van der Waals surface area contributed by atoms with E-state index < -0.39 is 6.10 Å². The summed E-state index contributed by atoms with van der Waals surface area (Å²) in [6.07, 6.45) is 1.99. The fourth-order valence-corrected chi connectivity index (χ4v) is 2.85. The molecular weight excluding hydrogens is 284 g/mol. The molecular formula is C16H24N2O2S. The number of aliphatic hydroxyl groups excluding tert-OH is 1. The topological polar surface area (TPSA) is 58.7 Å². The number of likely N-dealkylation sites (tertiary alicyclic amines) is 1. The monoisotopic (exact) mass is 308 g/mol. The summed E-state index contributed by atoms with van der Waals surface area (Å²) in [5, 5.41) is 10.3. The van der Waals surface area contributed by atoms with Gasteiger partial charge in [0.25, 0.3) is 0 Å². The average Bonchev–Trinajstić information content (AvgIpc) is 2.49. The molecule has 3 N–H and O–H groups in total. The van der Waals surface area contributed by atoms with E-state index in [9.17, 15) is 5.11 Å². The second-order valence-electron chi connectivity index (χ2n) is 5.46. The Morgan fingerprint density at radius 3 is 2.52 bits per heavy atom. The van der Waals surface area contributed by atoms with Crippen LogP contribution in [0.25, 0.3) is 0 Å². The van der Waals surface area contributed by atoms with Crippen LogP contribution in [-0.4, -0.2) is 47.3 Å². The molecule has 1 aliphatic heterocycles. The van der Waals surface area contributed by atoms with Gasteiger partial charge in [0.1, 0.15) is 4.99 Å². The largest absolute Gasteiger partial charge is 0.389 e. The molecule has 1 aromatic rings. The minimum Gasteiger partial charge on any atom is -0.389 e. The summed E-state index contributed by atoms with van der Waals surface area (Å²) >= 11 is 4.93. The van der Waals surface area contributed by atoms with Gasteiger partial charge in [0.15, 0.2) is 0 Å². The van der Waals surface area contributed by atoms with Crippen LogP contribution in [0.4, 0.5) is 0 Å². The number of nitrogens with zero attached hydrogens (tertiary/aromatic N) is 1. The summed E-state index contributed by atoms with van der Waals surface area (Å²) in [7, 11) is 0. The minimum absolute atomic E-state index is 0.383. The number of hydrogen-bond donors (Lipinski definition) is 2. The zero-order chi connectivity index (χ0) is 15.2. The number of thiocarbonyl (C=S) groups is 1. The van der Waals surface area contributed by atoms with E-state index in [0.717, 1.165) is 43.7 Å². The van der Waals surface area contributed by atoms with Gasteiger partial charge >= 0.3 is 0 Å². The van der Waals surface area contributed by atoms with Gasteiger partial charge in [-0.25, -0.2) is 0 Å². The summed E-state index contributed by atoms with van der Waals surface area (Å²) in [4.78, 5) is 2.68. The van der Waals surface area contributed by atoms with E-state index in [1.54, 1.807) is 0 Å². The average molecular weight is 308 g/mol. The lowest BCUT2D eigenvalue weighted by Crippen LogP contribution is -2.39. The third-order valence-electron chi connectivity index (χ3n) is 3.95. The smallest absolute Gasteiger partial charge is 0.103 e. The predicted octanol–water partition coefficient (Wildman–Crippen LogP) is 1.86. The minimum atomic E-state index is -0.478. The maximum atomic E-state index is 10.3. The highest BCUT2D eigenvalue weighted by Gasteiger charge is 2.21. The van der Waals surface area contributed by atoms with Gasteiger partial charge < -0.3 is 20.5 Å². The fraction of sp³-hybridized carbons (Fsp3) is 0.562. The van der Waals surface area contributed by atoms with E-state index in [1.165, 1.54) is 0 Å². The normalized spacial score (nSPS) is 18.6. The number of piperidine rings is 1. The van der Waals surface area contributed by atoms with E-state index in [-0.39, 0.29) is 0 Å². The molecule has 4 nitrogen and oxygen atoms in total. The third-order valence-corrected chi connectivity index (χ3v) is 4.18. The molecule has 0 saturated carbocycles. The molecule has 116 valence electrons. The summed E-state index contributed by atoms with van der Waals surface area (Å²) in [6.45, 7) is 5.43.